The van der Waals surface area contributed by atoms with E-state index in [9.17, 15) is 4.79 Å². The molecule has 0 bridgehead atoms. The van der Waals surface area contributed by atoms with E-state index in [2.05, 4.69) is 12.6 Å². The Morgan fingerprint density at radius 2 is 1.74 bits per heavy atom. The molecule has 1 atom stereocenters. The molecule has 0 fully saturated rings. The Morgan fingerprint density at radius 3 is 2.37 bits per heavy atom. The number of carbonyl (C=O) groups excluding carboxylic acids is 1. The maximum Gasteiger partial charge on any atom is 0.211 e. The van der Waals surface area contributed by atoms with E-state index in [0.29, 0.717) is 0 Å². The highest BCUT2D eigenvalue weighted by Gasteiger charge is 2.17. The molecule has 0 aliphatic rings. The van der Waals surface area contributed by atoms with E-state index in [-0.39, 0.29) is 17.8 Å². The summed E-state index contributed by atoms with van der Waals surface area (Å²) in [5, 5.41) is -0.269. The van der Waals surface area contributed by atoms with Crippen LogP contribution in [0.4, 0.5) is 0 Å². The number of aryl methyl sites for hydroxylation is 1. The van der Waals surface area contributed by atoms with Crippen molar-refractivity contribution in [1.82, 2.24) is 0 Å². The molecule has 2 aromatic carbocycles. The Hall–Kier alpha value is -1.58. The van der Waals surface area contributed by atoms with Crippen LogP contribution in [-0.2, 0) is 9.53 Å². The summed E-state index contributed by atoms with van der Waals surface area (Å²) < 4.78 is 5.73. The van der Waals surface area contributed by atoms with Crippen LogP contribution in [0.1, 0.15) is 22.8 Å². The van der Waals surface area contributed by atoms with Crippen LogP contribution in [-0.4, -0.2) is 11.7 Å². The van der Waals surface area contributed by atoms with Crippen LogP contribution in [0.25, 0.3) is 0 Å². The largest absolute Gasteiger partial charge is 0.360 e. The fourth-order valence-corrected chi connectivity index (χ4v) is 2.10. The molecule has 0 aromatic heterocycles. The zero-order chi connectivity index (χ0) is 13.7. The SMILES string of the molecule is Cc1ccccc1C(OCC(=O)S)c1ccccc1. The quantitative estimate of drug-likeness (QED) is 0.842. The van der Waals surface area contributed by atoms with Gasteiger partial charge in [-0.2, -0.15) is 0 Å². The zero-order valence-corrected chi connectivity index (χ0v) is 11.6. The third kappa shape index (κ3) is 3.69. The van der Waals surface area contributed by atoms with Gasteiger partial charge in [0, 0.05) is 0 Å². The number of thiol groups is 1. The van der Waals surface area contributed by atoms with Gasteiger partial charge < -0.3 is 4.74 Å². The summed E-state index contributed by atoms with van der Waals surface area (Å²) in [6, 6.07) is 17.9. The second-order valence-electron chi connectivity index (χ2n) is 4.35. The maximum atomic E-state index is 11.0. The molecule has 2 aromatic rings. The standard InChI is InChI=1S/C16H16O2S/c1-12-7-5-6-10-14(12)16(18-11-15(17)19)13-8-3-2-4-9-13/h2-10,16H,11H2,1H3,(H,17,19). The van der Waals surface area contributed by atoms with Crippen LogP contribution in [0.5, 0.6) is 0 Å². The second kappa shape index (κ2) is 6.55. The first-order chi connectivity index (χ1) is 9.18. The number of rotatable bonds is 5. The fourth-order valence-electron chi connectivity index (χ4n) is 2.03. The van der Waals surface area contributed by atoms with Gasteiger partial charge in [-0.1, -0.05) is 54.6 Å². The van der Waals surface area contributed by atoms with Crippen molar-refractivity contribution in [2.45, 2.75) is 13.0 Å². The van der Waals surface area contributed by atoms with Crippen molar-refractivity contribution < 1.29 is 9.53 Å². The molecule has 2 rings (SSSR count). The third-order valence-corrected chi connectivity index (χ3v) is 3.08. The fraction of sp³-hybridized carbons (Fsp3) is 0.188. The average molecular weight is 272 g/mol. The zero-order valence-electron chi connectivity index (χ0n) is 10.7. The van der Waals surface area contributed by atoms with Crippen molar-refractivity contribution in [2.75, 3.05) is 6.61 Å². The van der Waals surface area contributed by atoms with E-state index in [1.54, 1.807) is 0 Å². The van der Waals surface area contributed by atoms with E-state index >= 15 is 0 Å². The molecule has 0 saturated carbocycles. The molecule has 0 saturated heterocycles. The lowest BCUT2D eigenvalue weighted by Gasteiger charge is -2.20. The smallest absolute Gasteiger partial charge is 0.211 e. The molecule has 3 heteroatoms. The molecule has 19 heavy (non-hydrogen) atoms. The summed E-state index contributed by atoms with van der Waals surface area (Å²) in [6.45, 7) is 2.04. The van der Waals surface area contributed by atoms with E-state index in [0.717, 1.165) is 16.7 Å². The number of ether oxygens (including phenoxy) is 1. The summed E-state index contributed by atoms with van der Waals surface area (Å²) in [4.78, 5) is 11.0. The molecule has 0 radical (unpaired) electrons. The molecule has 2 nitrogen and oxygen atoms in total. The first kappa shape index (κ1) is 13.8. The minimum atomic E-state index is -0.269. The normalized spacial score (nSPS) is 12.1. The summed E-state index contributed by atoms with van der Waals surface area (Å²) in [5.41, 5.74) is 3.25. The van der Waals surface area contributed by atoms with Gasteiger partial charge in [-0.15, -0.1) is 12.6 Å². The Labute approximate surface area is 118 Å². The van der Waals surface area contributed by atoms with Crippen LogP contribution < -0.4 is 0 Å². The Balaban J connectivity index is 2.35. The summed E-state index contributed by atoms with van der Waals surface area (Å²) in [5.74, 6) is 0. The number of carbonyl (C=O) groups is 1. The molecule has 98 valence electrons. The monoisotopic (exact) mass is 272 g/mol. The van der Waals surface area contributed by atoms with Crippen LogP contribution in [0.2, 0.25) is 0 Å². The van der Waals surface area contributed by atoms with E-state index in [1.165, 1.54) is 0 Å². The van der Waals surface area contributed by atoms with Crippen molar-refractivity contribution in [3.05, 3.63) is 71.3 Å². The van der Waals surface area contributed by atoms with E-state index in [4.69, 9.17) is 4.74 Å². The van der Waals surface area contributed by atoms with Crippen LogP contribution >= 0.6 is 12.6 Å². The first-order valence-corrected chi connectivity index (χ1v) is 6.57. The van der Waals surface area contributed by atoms with E-state index < -0.39 is 0 Å². The van der Waals surface area contributed by atoms with Gasteiger partial charge in [-0.25, -0.2) is 0 Å². The highest BCUT2D eigenvalue weighted by atomic mass is 32.1. The lowest BCUT2D eigenvalue weighted by Crippen LogP contribution is -2.11. The Kier molecular flexibility index (Phi) is 4.77. The Bertz CT molecular complexity index is 552. The molecule has 0 amide bonds. The van der Waals surface area contributed by atoms with Crippen molar-refractivity contribution in [3.63, 3.8) is 0 Å². The number of hydrogen-bond acceptors (Lipinski definition) is 2. The number of hydrogen-bond donors (Lipinski definition) is 1. The van der Waals surface area contributed by atoms with Crippen LogP contribution in [0.15, 0.2) is 54.6 Å². The number of benzene rings is 2. The maximum absolute atomic E-state index is 11.0. The van der Waals surface area contributed by atoms with Crippen molar-refractivity contribution in [2.24, 2.45) is 0 Å². The topological polar surface area (TPSA) is 26.3 Å². The molecular weight excluding hydrogens is 256 g/mol. The van der Waals surface area contributed by atoms with Gasteiger partial charge in [0.05, 0.1) is 0 Å². The minimum Gasteiger partial charge on any atom is -0.360 e. The highest BCUT2D eigenvalue weighted by Crippen LogP contribution is 2.28. The summed E-state index contributed by atoms with van der Waals surface area (Å²) in [6.07, 6.45) is -0.238. The average Bonchev–Trinajstić information content (AvgIpc) is 2.42. The van der Waals surface area contributed by atoms with Crippen LogP contribution in [0, 0.1) is 6.92 Å². The predicted molar refractivity (Wildman–Crippen MR) is 79.4 cm³/mol. The van der Waals surface area contributed by atoms with Crippen molar-refractivity contribution in [1.29, 1.82) is 0 Å². The molecular formula is C16H16O2S. The molecule has 0 aliphatic heterocycles. The highest BCUT2D eigenvalue weighted by molar-refractivity contribution is 7.96. The summed E-state index contributed by atoms with van der Waals surface area (Å²) in [7, 11) is 0. The molecule has 1 unspecified atom stereocenters. The van der Waals surface area contributed by atoms with Crippen molar-refractivity contribution >= 4 is 17.7 Å². The van der Waals surface area contributed by atoms with Gasteiger partial charge in [0.15, 0.2) is 0 Å². The molecule has 0 N–H and O–H groups in total. The third-order valence-electron chi connectivity index (χ3n) is 2.95. The second-order valence-corrected chi connectivity index (χ2v) is 4.85. The predicted octanol–water partition coefficient (Wildman–Crippen LogP) is 3.56. The van der Waals surface area contributed by atoms with Crippen LogP contribution in [0.3, 0.4) is 0 Å². The molecule has 0 heterocycles. The molecule has 0 aliphatic carbocycles. The van der Waals surface area contributed by atoms with Gasteiger partial charge >= 0.3 is 0 Å². The van der Waals surface area contributed by atoms with Gasteiger partial charge in [0.25, 0.3) is 0 Å². The lowest BCUT2D eigenvalue weighted by molar-refractivity contribution is -0.116. The minimum absolute atomic E-state index is 0.00297. The lowest BCUT2D eigenvalue weighted by atomic mass is 9.97. The van der Waals surface area contributed by atoms with Gasteiger partial charge in [-0.05, 0) is 23.6 Å². The Morgan fingerprint density at radius 1 is 1.11 bits per heavy atom. The van der Waals surface area contributed by atoms with Gasteiger partial charge in [0.2, 0.25) is 5.12 Å². The molecule has 0 spiro atoms. The summed E-state index contributed by atoms with van der Waals surface area (Å²) >= 11 is 3.76. The van der Waals surface area contributed by atoms with Crippen molar-refractivity contribution in [3.8, 4) is 0 Å². The first-order valence-electron chi connectivity index (χ1n) is 6.12. The van der Waals surface area contributed by atoms with Gasteiger partial charge in [-0.3, -0.25) is 4.79 Å². The van der Waals surface area contributed by atoms with Gasteiger partial charge in [0.1, 0.15) is 12.7 Å². The van der Waals surface area contributed by atoms with E-state index in [1.807, 2.05) is 61.5 Å².